The SMILES string of the molecule is C#CCC(C)NS(=O)(=O)c1c(C)cc(F)c(N)c1C. The number of rotatable bonds is 4. The Hall–Kier alpha value is -1.58. The number of benzene rings is 1. The Kier molecular flexibility index (Phi) is 4.56. The van der Waals surface area contributed by atoms with Crippen LogP contribution in [0.1, 0.15) is 24.5 Å². The van der Waals surface area contributed by atoms with E-state index >= 15 is 0 Å². The van der Waals surface area contributed by atoms with Crippen LogP contribution in [0.2, 0.25) is 0 Å². The first-order valence-corrected chi connectivity index (χ1v) is 7.20. The van der Waals surface area contributed by atoms with E-state index in [-0.39, 0.29) is 22.6 Å². The number of nitrogen functional groups attached to an aromatic ring is 1. The van der Waals surface area contributed by atoms with Gasteiger partial charge in [0.1, 0.15) is 5.82 Å². The Morgan fingerprint density at radius 3 is 2.63 bits per heavy atom. The first-order chi connectivity index (χ1) is 8.70. The van der Waals surface area contributed by atoms with Crippen LogP contribution < -0.4 is 10.5 Å². The predicted octanol–water partition coefficient (Wildman–Crippen LogP) is 1.71. The van der Waals surface area contributed by atoms with Gasteiger partial charge in [-0.3, -0.25) is 0 Å². The zero-order valence-electron chi connectivity index (χ0n) is 11.1. The summed E-state index contributed by atoms with van der Waals surface area (Å²) in [6.07, 6.45) is 5.41. The van der Waals surface area contributed by atoms with E-state index in [1.807, 2.05) is 0 Å². The molecular weight excluding hydrogens is 267 g/mol. The number of halogens is 1. The molecule has 1 rings (SSSR count). The zero-order chi connectivity index (χ0) is 14.8. The number of nitrogens with two attached hydrogens (primary N) is 1. The van der Waals surface area contributed by atoms with Crippen molar-refractivity contribution in [2.75, 3.05) is 5.73 Å². The minimum absolute atomic E-state index is 0.00951. The molecule has 0 bridgehead atoms. The maximum Gasteiger partial charge on any atom is 0.241 e. The fourth-order valence-corrected chi connectivity index (χ4v) is 3.61. The van der Waals surface area contributed by atoms with Crippen LogP contribution in [0, 0.1) is 32.0 Å². The third-order valence-corrected chi connectivity index (χ3v) is 4.63. The summed E-state index contributed by atoms with van der Waals surface area (Å²) in [6.45, 7) is 4.66. The number of anilines is 1. The standard InChI is InChI=1S/C13H17FN2O2S/c1-5-6-9(3)16-19(17,18)13-8(2)7-11(14)12(15)10(13)4/h1,7,9,16H,6,15H2,2-4H3. The van der Waals surface area contributed by atoms with Crippen LogP contribution in [-0.2, 0) is 10.0 Å². The molecule has 0 spiro atoms. The molecule has 1 aromatic rings. The van der Waals surface area contributed by atoms with Gasteiger partial charge in [-0.25, -0.2) is 17.5 Å². The van der Waals surface area contributed by atoms with Crippen molar-refractivity contribution in [1.82, 2.24) is 4.72 Å². The van der Waals surface area contributed by atoms with Crippen LogP contribution in [0.3, 0.4) is 0 Å². The third-order valence-electron chi connectivity index (χ3n) is 2.75. The maximum atomic E-state index is 13.4. The van der Waals surface area contributed by atoms with E-state index < -0.39 is 21.9 Å². The van der Waals surface area contributed by atoms with Crippen molar-refractivity contribution >= 4 is 15.7 Å². The van der Waals surface area contributed by atoms with Gasteiger partial charge in [0.05, 0.1) is 10.6 Å². The van der Waals surface area contributed by atoms with Gasteiger partial charge in [-0.05, 0) is 38.0 Å². The molecule has 0 saturated heterocycles. The molecule has 0 heterocycles. The van der Waals surface area contributed by atoms with Crippen LogP contribution in [0.25, 0.3) is 0 Å². The van der Waals surface area contributed by atoms with Gasteiger partial charge in [0.15, 0.2) is 0 Å². The van der Waals surface area contributed by atoms with Gasteiger partial charge in [-0.15, -0.1) is 12.3 Å². The Bertz CT molecular complexity index is 633. The van der Waals surface area contributed by atoms with Crippen molar-refractivity contribution in [2.24, 2.45) is 0 Å². The molecule has 0 aliphatic rings. The van der Waals surface area contributed by atoms with Gasteiger partial charge >= 0.3 is 0 Å². The average Bonchev–Trinajstić information content (AvgIpc) is 2.24. The van der Waals surface area contributed by atoms with Crippen molar-refractivity contribution in [2.45, 2.75) is 38.1 Å². The van der Waals surface area contributed by atoms with Gasteiger partial charge in [0.25, 0.3) is 0 Å². The molecule has 104 valence electrons. The molecule has 0 aromatic heterocycles. The van der Waals surface area contributed by atoms with Gasteiger partial charge in [0.2, 0.25) is 10.0 Å². The van der Waals surface area contributed by atoms with E-state index in [9.17, 15) is 12.8 Å². The average molecular weight is 284 g/mol. The third kappa shape index (κ3) is 3.25. The van der Waals surface area contributed by atoms with Gasteiger partial charge < -0.3 is 5.73 Å². The van der Waals surface area contributed by atoms with Crippen LogP contribution >= 0.6 is 0 Å². The number of aryl methyl sites for hydroxylation is 1. The van der Waals surface area contributed by atoms with Crippen LogP contribution in [0.5, 0.6) is 0 Å². The van der Waals surface area contributed by atoms with Crippen molar-refractivity contribution in [3.63, 3.8) is 0 Å². The second kappa shape index (κ2) is 5.59. The minimum atomic E-state index is -3.77. The Labute approximate surface area is 113 Å². The summed E-state index contributed by atoms with van der Waals surface area (Å²) < 4.78 is 40.4. The molecule has 0 aliphatic heterocycles. The van der Waals surface area contributed by atoms with Gasteiger partial charge in [-0.1, -0.05) is 0 Å². The molecule has 0 amide bonds. The number of nitrogens with one attached hydrogen (secondary N) is 1. The molecule has 4 nitrogen and oxygen atoms in total. The number of hydrogen-bond acceptors (Lipinski definition) is 3. The highest BCUT2D eigenvalue weighted by Gasteiger charge is 2.24. The van der Waals surface area contributed by atoms with Crippen LogP contribution in [0.4, 0.5) is 10.1 Å². The fourth-order valence-electron chi connectivity index (χ4n) is 1.89. The lowest BCUT2D eigenvalue weighted by Crippen LogP contribution is -2.33. The molecule has 1 unspecified atom stereocenters. The molecule has 0 radical (unpaired) electrons. The quantitative estimate of drug-likeness (QED) is 0.653. The summed E-state index contributed by atoms with van der Waals surface area (Å²) in [5.74, 6) is 1.76. The molecule has 6 heteroatoms. The van der Waals surface area contributed by atoms with Crippen molar-refractivity contribution in [1.29, 1.82) is 0 Å². The van der Waals surface area contributed by atoms with Crippen LogP contribution in [-0.4, -0.2) is 14.5 Å². The summed E-state index contributed by atoms with van der Waals surface area (Å²) in [5.41, 5.74) is 5.90. The number of sulfonamides is 1. The molecule has 19 heavy (non-hydrogen) atoms. The van der Waals surface area contributed by atoms with Gasteiger partial charge in [0, 0.05) is 12.5 Å². The van der Waals surface area contributed by atoms with Crippen molar-refractivity contribution in [3.05, 3.63) is 23.0 Å². The molecule has 1 atom stereocenters. The maximum absolute atomic E-state index is 13.4. The summed E-state index contributed by atoms with van der Waals surface area (Å²) in [7, 11) is -3.77. The lowest BCUT2D eigenvalue weighted by atomic mass is 10.1. The van der Waals surface area contributed by atoms with Crippen molar-refractivity contribution < 1.29 is 12.8 Å². The second-order valence-electron chi connectivity index (χ2n) is 4.47. The summed E-state index contributed by atoms with van der Waals surface area (Å²) in [6, 6.07) is 0.711. The molecule has 0 saturated carbocycles. The largest absolute Gasteiger partial charge is 0.396 e. The van der Waals surface area contributed by atoms with E-state index in [2.05, 4.69) is 10.6 Å². The van der Waals surface area contributed by atoms with E-state index in [4.69, 9.17) is 12.2 Å². The highest BCUT2D eigenvalue weighted by atomic mass is 32.2. The Morgan fingerprint density at radius 1 is 1.53 bits per heavy atom. The Balaban J connectivity index is 3.31. The summed E-state index contributed by atoms with van der Waals surface area (Å²) in [4.78, 5) is 0.00951. The lowest BCUT2D eigenvalue weighted by molar-refractivity contribution is 0.561. The number of hydrogen-bond donors (Lipinski definition) is 2. The predicted molar refractivity (Wildman–Crippen MR) is 73.5 cm³/mol. The van der Waals surface area contributed by atoms with E-state index in [1.165, 1.54) is 13.8 Å². The van der Waals surface area contributed by atoms with E-state index in [0.717, 1.165) is 6.07 Å². The molecule has 1 aromatic carbocycles. The first kappa shape index (κ1) is 15.5. The van der Waals surface area contributed by atoms with Crippen molar-refractivity contribution in [3.8, 4) is 12.3 Å². The van der Waals surface area contributed by atoms with E-state index in [1.54, 1.807) is 6.92 Å². The molecule has 3 N–H and O–H groups in total. The monoisotopic (exact) mass is 284 g/mol. The first-order valence-electron chi connectivity index (χ1n) is 5.71. The smallest absolute Gasteiger partial charge is 0.241 e. The lowest BCUT2D eigenvalue weighted by Gasteiger charge is -2.17. The highest BCUT2D eigenvalue weighted by molar-refractivity contribution is 7.89. The molecular formula is C13H17FN2O2S. The fraction of sp³-hybridized carbons (Fsp3) is 0.385. The topological polar surface area (TPSA) is 72.2 Å². The Morgan fingerprint density at radius 2 is 2.11 bits per heavy atom. The number of terminal acetylenes is 1. The van der Waals surface area contributed by atoms with E-state index in [0.29, 0.717) is 5.56 Å². The normalized spacial score (nSPS) is 13.0. The summed E-state index contributed by atoms with van der Waals surface area (Å²) >= 11 is 0. The van der Waals surface area contributed by atoms with Gasteiger partial charge in [-0.2, -0.15) is 0 Å². The zero-order valence-corrected chi connectivity index (χ0v) is 11.9. The highest BCUT2D eigenvalue weighted by Crippen LogP contribution is 2.27. The summed E-state index contributed by atoms with van der Waals surface area (Å²) in [5, 5.41) is 0. The van der Waals surface area contributed by atoms with Crippen LogP contribution in [0.15, 0.2) is 11.0 Å². The molecule has 0 aliphatic carbocycles. The molecule has 0 fully saturated rings. The second-order valence-corrected chi connectivity index (χ2v) is 6.12. The minimum Gasteiger partial charge on any atom is -0.396 e.